The highest BCUT2D eigenvalue weighted by Crippen LogP contribution is 2.38. The molecule has 0 spiro atoms. The largest absolute Gasteiger partial charge is 0.465 e. The van der Waals surface area contributed by atoms with Gasteiger partial charge in [-0.3, -0.25) is 9.36 Å². The van der Waals surface area contributed by atoms with E-state index in [1.54, 1.807) is 31.2 Å². The molecule has 2 aromatic carbocycles. The van der Waals surface area contributed by atoms with Crippen molar-refractivity contribution in [2.75, 3.05) is 13.2 Å². The van der Waals surface area contributed by atoms with Gasteiger partial charge in [0.05, 0.1) is 6.61 Å². The summed E-state index contributed by atoms with van der Waals surface area (Å²) in [5, 5.41) is 4.23. The lowest BCUT2D eigenvalue weighted by Crippen LogP contribution is -2.32. The number of nitrogens with one attached hydrogen (secondary N) is 1. The average molecular weight is 303 g/mol. The van der Waals surface area contributed by atoms with Crippen LogP contribution in [-0.4, -0.2) is 19.1 Å². The summed E-state index contributed by atoms with van der Waals surface area (Å²) < 4.78 is 18.3. The highest BCUT2D eigenvalue weighted by Gasteiger charge is 2.27. The lowest BCUT2D eigenvalue weighted by atomic mass is 10.4. The van der Waals surface area contributed by atoms with Gasteiger partial charge >= 0.3 is 5.97 Å². The van der Waals surface area contributed by atoms with Crippen molar-refractivity contribution in [2.24, 2.45) is 0 Å². The third kappa shape index (κ3) is 3.81. The summed E-state index contributed by atoms with van der Waals surface area (Å²) in [7, 11) is -3.05. The predicted octanol–water partition coefficient (Wildman–Crippen LogP) is 2.07. The van der Waals surface area contributed by atoms with Crippen LogP contribution in [0.1, 0.15) is 6.92 Å². The number of carbonyl (C=O) groups excluding carboxylic acids is 1. The zero-order valence-electron chi connectivity index (χ0n) is 11.9. The molecule has 2 rings (SSSR count). The highest BCUT2D eigenvalue weighted by molar-refractivity contribution is 7.76. The lowest BCUT2D eigenvalue weighted by Gasteiger charge is -2.20. The molecule has 0 aromatic heterocycles. The quantitative estimate of drug-likeness (QED) is 0.655. The van der Waals surface area contributed by atoms with E-state index in [2.05, 4.69) is 5.09 Å². The van der Waals surface area contributed by atoms with Crippen LogP contribution in [0.2, 0.25) is 0 Å². The maximum Gasteiger partial charge on any atom is 0.320 e. The Morgan fingerprint density at radius 2 is 1.48 bits per heavy atom. The smallest absolute Gasteiger partial charge is 0.320 e. The molecule has 4 nitrogen and oxygen atoms in total. The van der Waals surface area contributed by atoms with E-state index in [0.717, 1.165) is 0 Å². The molecule has 0 fully saturated rings. The number of benzene rings is 2. The minimum Gasteiger partial charge on any atom is -0.465 e. The normalized spacial score (nSPS) is 11.1. The standard InChI is InChI=1S/C16H18NO3P/c1-2-20-16(18)13-17-21(19,14-9-5-3-6-10-14)15-11-7-4-8-12-15/h3-12H,2,13H2,1H3,(H,17,19). The summed E-state index contributed by atoms with van der Waals surface area (Å²) in [4.78, 5) is 11.5. The summed E-state index contributed by atoms with van der Waals surface area (Å²) in [5.41, 5.74) is 0. The molecule has 0 atom stereocenters. The third-order valence-electron chi connectivity index (χ3n) is 2.99. The van der Waals surface area contributed by atoms with Crippen molar-refractivity contribution in [1.29, 1.82) is 0 Å². The summed E-state index contributed by atoms with van der Waals surface area (Å²) in [5.74, 6) is -0.412. The third-order valence-corrected chi connectivity index (χ3v) is 5.65. The van der Waals surface area contributed by atoms with Crippen LogP contribution in [0, 0.1) is 0 Å². The molecule has 0 aliphatic heterocycles. The second-order valence-corrected chi connectivity index (χ2v) is 6.99. The monoisotopic (exact) mass is 303 g/mol. The molecule has 21 heavy (non-hydrogen) atoms. The van der Waals surface area contributed by atoms with Crippen molar-refractivity contribution in [1.82, 2.24) is 5.09 Å². The van der Waals surface area contributed by atoms with Gasteiger partial charge in [-0.05, 0) is 31.2 Å². The first-order valence-corrected chi connectivity index (χ1v) is 8.49. The molecule has 0 radical (unpaired) electrons. The Labute approximate surface area is 124 Å². The summed E-state index contributed by atoms with van der Waals surface area (Å²) in [6.45, 7) is 1.96. The average Bonchev–Trinajstić information content (AvgIpc) is 2.54. The summed E-state index contributed by atoms with van der Waals surface area (Å²) >= 11 is 0. The Kier molecular flexibility index (Phi) is 5.32. The first-order valence-electron chi connectivity index (χ1n) is 6.79. The van der Waals surface area contributed by atoms with Crippen molar-refractivity contribution < 1.29 is 14.1 Å². The fraction of sp³-hybridized carbons (Fsp3) is 0.188. The molecule has 0 unspecified atom stereocenters. The molecule has 0 saturated carbocycles. The van der Waals surface area contributed by atoms with Gasteiger partial charge in [0.1, 0.15) is 6.54 Å². The Balaban J connectivity index is 2.32. The highest BCUT2D eigenvalue weighted by atomic mass is 31.2. The van der Waals surface area contributed by atoms with E-state index in [1.807, 2.05) is 36.4 Å². The Hall–Kier alpha value is -1.90. The van der Waals surface area contributed by atoms with Crippen LogP contribution >= 0.6 is 7.29 Å². The zero-order valence-corrected chi connectivity index (χ0v) is 12.8. The number of hydrogen-bond donors (Lipinski definition) is 1. The van der Waals surface area contributed by atoms with E-state index < -0.39 is 13.3 Å². The Morgan fingerprint density at radius 3 is 1.90 bits per heavy atom. The van der Waals surface area contributed by atoms with Gasteiger partial charge in [0.25, 0.3) is 0 Å². The molecule has 0 amide bonds. The topological polar surface area (TPSA) is 55.4 Å². The number of hydrogen-bond acceptors (Lipinski definition) is 3. The first kappa shape index (κ1) is 15.5. The van der Waals surface area contributed by atoms with Crippen molar-refractivity contribution >= 4 is 23.9 Å². The molecule has 5 heteroatoms. The van der Waals surface area contributed by atoms with Crippen LogP contribution in [0.15, 0.2) is 60.7 Å². The van der Waals surface area contributed by atoms with Gasteiger partial charge in [-0.1, -0.05) is 36.4 Å². The van der Waals surface area contributed by atoms with Crippen molar-refractivity contribution in [2.45, 2.75) is 6.92 Å². The van der Waals surface area contributed by atoms with Gasteiger partial charge in [0.15, 0.2) is 0 Å². The summed E-state index contributed by atoms with van der Waals surface area (Å²) in [6.07, 6.45) is 0. The van der Waals surface area contributed by atoms with E-state index >= 15 is 0 Å². The molecule has 0 heterocycles. The minimum atomic E-state index is -3.05. The second kappa shape index (κ2) is 7.21. The van der Waals surface area contributed by atoms with Crippen LogP contribution in [-0.2, 0) is 14.1 Å². The maximum absolute atomic E-state index is 13.4. The number of rotatable bonds is 6. The molecule has 0 bridgehead atoms. The molecule has 0 saturated heterocycles. The SMILES string of the molecule is CCOC(=O)CNP(=O)(c1ccccc1)c1ccccc1. The van der Waals surface area contributed by atoms with Crippen LogP contribution in [0.5, 0.6) is 0 Å². The van der Waals surface area contributed by atoms with Crippen LogP contribution in [0.25, 0.3) is 0 Å². The Morgan fingerprint density at radius 1 is 1.00 bits per heavy atom. The van der Waals surface area contributed by atoms with Crippen LogP contribution < -0.4 is 15.7 Å². The van der Waals surface area contributed by atoms with Crippen LogP contribution in [0.4, 0.5) is 0 Å². The maximum atomic E-state index is 13.4. The van der Waals surface area contributed by atoms with Gasteiger partial charge in [-0.25, -0.2) is 5.09 Å². The van der Waals surface area contributed by atoms with Crippen molar-refractivity contribution in [3.8, 4) is 0 Å². The van der Waals surface area contributed by atoms with E-state index in [0.29, 0.717) is 17.2 Å². The van der Waals surface area contributed by atoms with Gasteiger partial charge in [0, 0.05) is 10.6 Å². The molecule has 110 valence electrons. The van der Waals surface area contributed by atoms with Gasteiger partial charge in [-0.15, -0.1) is 0 Å². The molecule has 0 aliphatic carbocycles. The van der Waals surface area contributed by atoms with E-state index in [1.165, 1.54) is 0 Å². The van der Waals surface area contributed by atoms with Gasteiger partial charge in [-0.2, -0.15) is 0 Å². The fourth-order valence-corrected chi connectivity index (χ4v) is 4.19. The van der Waals surface area contributed by atoms with Crippen molar-refractivity contribution in [3.63, 3.8) is 0 Å². The van der Waals surface area contributed by atoms with E-state index in [9.17, 15) is 9.36 Å². The molecular formula is C16H18NO3P. The van der Waals surface area contributed by atoms with Crippen LogP contribution in [0.3, 0.4) is 0 Å². The predicted molar refractivity (Wildman–Crippen MR) is 84.4 cm³/mol. The second-order valence-electron chi connectivity index (χ2n) is 4.42. The zero-order chi connectivity index (χ0) is 15.1. The van der Waals surface area contributed by atoms with E-state index in [-0.39, 0.29) is 6.54 Å². The molecule has 0 aliphatic rings. The molecule has 2 aromatic rings. The molecule has 1 N–H and O–H groups in total. The Bertz CT molecular complexity index is 585. The number of carbonyl (C=O) groups is 1. The molecular weight excluding hydrogens is 285 g/mol. The summed E-state index contributed by atoms with van der Waals surface area (Å²) in [6, 6.07) is 18.2. The van der Waals surface area contributed by atoms with Gasteiger partial charge < -0.3 is 4.74 Å². The number of esters is 1. The minimum absolute atomic E-state index is 0.0884. The number of ether oxygens (including phenoxy) is 1. The van der Waals surface area contributed by atoms with Crippen molar-refractivity contribution in [3.05, 3.63) is 60.7 Å². The first-order chi connectivity index (χ1) is 10.2. The lowest BCUT2D eigenvalue weighted by molar-refractivity contribution is -0.141. The van der Waals surface area contributed by atoms with Gasteiger partial charge in [0.2, 0.25) is 7.29 Å². The fourth-order valence-electron chi connectivity index (χ4n) is 2.00. The van der Waals surface area contributed by atoms with E-state index in [4.69, 9.17) is 4.74 Å².